The van der Waals surface area contributed by atoms with Gasteiger partial charge in [-0.25, -0.2) is 12.8 Å². The van der Waals surface area contributed by atoms with Gasteiger partial charge in [0, 0.05) is 0 Å². The third-order valence-corrected chi connectivity index (χ3v) is 3.81. The fourth-order valence-electron chi connectivity index (χ4n) is 1.37. The number of carboxylic acids is 2. The summed E-state index contributed by atoms with van der Waals surface area (Å²) in [6, 6.07) is 1.84. The number of hydrogen-bond donors (Lipinski definition) is 3. The Morgan fingerprint density at radius 2 is 2.00 bits per heavy atom. The van der Waals surface area contributed by atoms with Gasteiger partial charge < -0.3 is 10.2 Å². The van der Waals surface area contributed by atoms with Crippen LogP contribution in [0.4, 0.5) is 4.39 Å². The van der Waals surface area contributed by atoms with Crippen LogP contribution in [-0.4, -0.2) is 36.6 Å². The van der Waals surface area contributed by atoms with E-state index >= 15 is 0 Å². The number of halogens is 1. The molecular weight excluding hydrogens is 307 g/mol. The summed E-state index contributed by atoms with van der Waals surface area (Å²) in [6.07, 6.45) is -0.971. The first kappa shape index (κ1) is 16.5. The van der Waals surface area contributed by atoms with Crippen LogP contribution in [0.25, 0.3) is 0 Å². The van der Waals surface area contributed by atoms with Crippen molar-refractivity contribution in [1.29, 1.82) is 5.26 Å². The van der Waals surface area contributed by atoms with Crippen molar-refractivity contribution in [1.82, 2.24) is 4.72 Å². The number of nitriles is 1. The minimum Gasteiger partial charge on any atom is -0.481 e. The maximum absolute atomic E-state index is 13.1. The number of nitrogens with zero attached hydrogens (tertiary/aromatic N) is 1. The number of carboxylic acid groups (broad SMARTS) is 2. The van der Waals surface area contributed by atoms with Crippen molar-refractivity contribution in [2.45, 2.75) is 17.4 Å². The molecule has 0 aliphatic heterocycles. The average molecular weight is 316 g/mol. The van der Waals surface area contributed by atoms with Crippen molar-refractivity contribution < 1.29 is 32.6 Å². The van der Waals surface area contributed by atoms with Crippen molar-refractivity contribution in [3.63, 3.8) is 0 Å². The zero-order valence-electron chi connectivity index (χ0n) is 10.3. The van der Waals surface area contributed by atoms with Gasteiger partial charge in [0.05, 0.1) is 16.9 Å². The fraction of sp³-hybridized carbons (Fsp3) is 0.182. The normalized spacial score (nSPS) is 12.4. The number of hydrogen-bond acceptors (Lipinski definition) is 5. The summed E-state index contributed by atoms with van der Waals surface area (Å²) in [6.45, 7) is 0. The van der Waals surface area contributed by atoms with Crippen LogP contribution < -0.4 is 4.72 Å². The van der Waals surface area contributed by atoms with Gasteiger partial charge in [0.2, 0.25) is 10.0 Å². The highest BCUT2D eigenvalue weighted by Gasteiger charge is 2.28. The lowest BCUT2D eigenvalue weighted by atomic mass is 10.2. The van der Waals surface area contributed by atoms with E-state index in [2.05, 4.69) is 0 Å². The van der Waals surface area contributed by atoms with E-state index in [-0.39, 0.29) is 0 Å². The van der Waals surface area contributed by atoms with Gasteiger partial charge in [-0.1, -0.05) is 0 Å². The third-order valence-electron chi connectivity index (χ3n) is 2.34. The first-order valence-corrected chi connectivity index (χ1v) is 6.82. The Hall–Kier alpha value is -2.51. The molecule has 0 unspecified atom stereocenters. The quantitative estimate of drug-likeness (QED) is 0.664. The van der Waals surface area contributed by atoms with Crippen LogP contribution in [0.15, 0.2) is 23.1 Å². The maximum Gasteiger partial charge on any atom is 0.322 e. The predicted octanol–water partition coefficient (Wildman–Crippen LogP) is -0.0964. The highest BCUT2D eigenvalue weighted by atomic mass is 32.2. The Balaban J connectivity index is 3.13. The van der Waals surface area contributed by atoms with Gasteiger partial charge >= 0.3 is 11.9 Å². The molecule has 10 heteroatoms. The summed E-state index contributed by atoms with van der Waals surface area (Å²) >= 11 is 0. The number of sulfonamides is 1. The van der Waals surface area contributed by atoms with E-state index in [1.54, 1.807) is 4.72 Å². The van der Waals surface area contributed by atoms with E-state index in [9.17, 15) is 22.4 Å². The first-order valence-electron chi connectivity index (χ1n) is 5.34. The van der Waals surface area contributed by atoms with E-state index in [0.717, 1.165) is 18.2 Å². The van der Waals surface area contributed by atoms with Crippen molar-refractivity contribution in [3.8, 4) is 6.07 Å². The highest BCUT2D eigenvalue weighted by Crippen LogP contribution is 2.15. The standard InChI is InChI=1S/C11H9FN2O6S/c12-8-2-1-7(3-6(8)5-13)21(19,20)14-9(11(17)18)4-10(15)16/h1-3,9,14H,4H2,(H,15,16)(H,17,18)/t9-/m0/s1. The molecular formula is C11H9FN2O6S. The van der Waals surface area contributed by atoms with E-state index in [1.165, 1.54) is 6.07 Å². The van der Waals surface area contributed by atoms with Crippen molar-refractivity contribution in [2.75, 3.05) is 0 Å². The Morgan fingerprint density at radius 3 is 2.48 bits per heavy atom. The van der Waals surface area contributed by atoms with Crippen molar-refractivity contribution in [2.24, 2.45) is 0 Å². The van der Waals surface area contributed by atoms with Gasteiger partial charge in [0.25, 0.3) is 0 Å². The Labute approximate surface area is 118 Å². The molecule has 1 aromatic rings. The predicted molar refractivity (Wildman–Crippen MR) is 65.1 cm³/mol. The second kappa shape index (κ2) is 6.29. The minimum absolute atomic E-state index is 0.539. The molecule has 0 spiro atoms. The molecule has 0 saturated heterocycles. The van der Waals surface area contributed by atoms with Gasteiger partial charge in [-0.3, -0.25) is 9.59 Å². The second-order valence-corrected chi connectivity index (χ2v) is 5.58. The third kappa shape index (κ3) is 4.23. The van der Waals surface area contributed by atoms with Crippen molar-refractivity contribution in [3.05, 3.63) is 29.6 Å². The summed E-state index contributed by atoms with van der Waals surface area (Å²) in [5.41, 5.74) is -0.539. The molecule has 3 N–H and O–H groups in total. The number of carbonyl (C=O) groups is 2. The Bertz CT molecular complexity index is 725. The zero-order chi connectivity index (χ0) is 16.2. The van der Waals surface area contributed by atoms with Crippen LogP contribution in [0.5, 0.6) is 0 Å². The van der Waals surface area contributed by atoms with E-state index < -0.39 is 50.7 Å². The molecule has 0 fully saturated rings. The van der Waals surface area contributed by atoms with Crippen LogP contribution in [0.2, 0.25) is 0 Å². The minimum atomic E-state index is -4.41. The van der Waals surface area contributed by atoms with Crippen LogP contribution in [0, 0.1) is 17.1 Å². The molecule has 0 heterocycles. The maximum atomic E-state index is 13.1. The molecule has 0 radical (unpaired) electrons. The molecule has 0 aliphatic carbocycles. The van der Waals surface area contributed by atoms with E-state index in [1.807, 2.05) is 0 Å². The molecule has 21 heavy (non-hydrogen) atoms. The fourth-order valence-corrected chi connectivity index (χ4v) is 2.58. The summed E-state index contributed by atoms with van der Waals surface area (Å²) in [5.74, 6) is -4.12. The summed E-state index contributed by atoms with van der Waals surface area (Å²) in [5, 5.41) is 25.9. The molecule has 0 bridgehead atoms. The SMILES string of the molecule is N#Cc1cc(S(=O)(=O)N[C@@H](CC(=O)O)C(=O)O)ccc1F. The molecule has 1 atom stereocenters. The molecule has 112 valence electrons. The topological polar surface area (TPSA) is 145 Å². The monoisotopic (exact) mass is 316 g/mol. The molecule has 8 nitrogen and oxygen atoms in total. The average Bonchev–Trinajstić information content (AvgIpc) is 2.37. The smallest absolute Gasteiger partial charge is 0.322 e. The number of nitrogens with one attached hydrogen (secondary N) is 1. The Morgan fingerprint density at radius 1 is 1.38 bits per heavy atom. The highest BCUT2D eigenvalue weighted by molar-refractivity contribution is 7.89. The number of rotatable bonds is 6. The lowest BCUT2D eigenvalue weighted by molar-refractivity contribution is -0.145. The first-order chi connectivity index (χ1) is 9.67. The summed E-state index contributed by atoms with van der Waals surface area (Å²) in [7, 11) is -4.41. The largest absolute Gasteiger partial charge is 0.481 e. The Kier molecular flexibility index (Phi) is 4.96. The van der Waals surface area contributed by atoms with Crippen LogP contribution in [0.3, 0.4) is 0 Å². The summed E-state index contributed by atoms with van der Waals surface area (Å²) in [4.78, 5) is 20.8. The van der Waals surface area contributed by atoms with Gasteiger partial charge in [-0.05, 0) is 18.2 Å². The molecule has 0 aromatic heterocycles. The van der Waals surface area contributed by atoms with Crippen LogP contribution >= 0.6 is 0 Å². The van der Waals surface area contributed by atoms with Gasteiger partial charge in [0.1, 0.15) is 17.9 Å². The zero-order valence-corrected chi connectivity index (χ0v) is 11.1. The summed E-state index contributed by atoms with van der Waals surface area (Å²) < 4.78 is 38.6. The van der Waals surface area contributed by atoms with E-state index in [0.29, 0.717) is 0 Å². The van der Waals surface area contributed by atoms with Crippen LogP contribution in [-0.2, 0) is 19.6 Å². The number of aliphatic carboxylic acids is 2. The van der Waals surface area contributed by atoms with E-state index in [4.69, 9.17) is 15.5 Å². The van der Waals surface area contributed by atoms with Crippen molar-refractivity contribution >= 4 is 22.0 Å². The molecule has 0 saturated carbocycles. The van der Waals surface area contributed by atoms with Gasteiger partial charge in [-0.15, -0.1) is 0 Å². The molecule has 1 rings (SSSR count). The molecule has 1 aromatic carbocycles. The van der Waals surface area contributed by atoms with Crippen LogP contribution in [0.1, 0.15) is 12.0 Å². The second-order valence-electron chi connectivity index (χ2n) is 3.86. The van der Waals surface area contributed by atoms with Gasteiger partial charge in [0.15, 0.2) is 0 Å². The lowest BCUT2D eigenvalue weighted by Crippen LogP contribution is -2.42. The van der Waals surface area contributed by atoms with Gasteiger partial charge in [-0.2, -0.15) is 9.98 Å². The lowest BCUT2D eigenvalue weighted by Gasteiger charge is -2.13. The molecule has 0 amide bonds. The number of benzene rings is 1. The molecule has 0 aliphatic rings.